The van der Waals surface area contributed by atoms with Gasteiger partial charge in [0.15, 0.2) is 0 Å². The van der Waals surface area contributed by atoms with E-state index in [4.69, 9.17) is 5.11 Å². The molecule has 2 heterocycles. The van der Waals surface area contributed by atoms with Crippen molar-refractivity contribution >= 4 is 12.2 Å². The maximum Gasteiger partial charge on any atom is 0.144 e. The number of aliphatic imine (C=N–C) groups is 2. The molecule has 1 N–H and O–H groups in total. The van der Waals surface area contributed by atoms with Gasteiger partial charge in [0.05, 0.1) is 26.2 Å². The summed E-state index contributed by atoms with van der Waals surface area (Å²) in [7, 11) is 0. The molecule has 0 unspecified atom stereocenters. The van der Waals surface area contributed by atoms with Gasteiger partial charge in [-0.1, -0.05) is 0 Å². The molecule has 0 aromatic heterocycles. The minimum atomic E-state index is 0.0182. The van der Waals surface area contributed by atoms with E-state index in [9.17, 15) is 0 Å². The maximum atomic E-state index is 8.95. The molecule has 0 bridgehead atoms. The van der Waals surface area contributed by atoms with Crippen molar-refractivity contribution in [2.24, 2.45) is 9.98 Å². The Hall–Kier alpha value is -1.10. The zero-order chi connectivity index (χ0) is 8.39. The second-order valence-corrected chi connectivity index (χ2v) is 2.76. The van der Waals surface area contributed by atoms with Crippen LogP contribution in [0.3, 0.4) is 0 Å². The Morgan fingerprint density at radius 2 is 2.33 bits per heavy atom. The lowest BCUT2D eigenvalue weighted by molar-refractivity contribution is 0.157. The molecule has 2 rings (SSSR count). The molecular weight excluding hydrogens is 156 g/mol. The standard InChI is InChI=1S/C7H12N4O/c12-5-7-9-2-4-11(7)10-3-1-8-6-10/h6,12H,1-5H2. The fourth-order valence-electron chi connectivity index (χ4n) is 1.45. The second-order valence-electron chi connectivity index (χ2n) is 2.76. The molecule has 0 radical (unpaired) electrons. The van der Waals surface area contributed by atoms with Crippen molar-refractivity contribution < 1.29 is 5.11 Å². The van der Waals surface area contributed by atoms with Crippen LogP contribution in [0.5, 0.6) is 0 Å². The molecule has 0 amide bonds. The normalized spacial score (nSPS) is 22.2. The Morgan fingerprint density at radius 1 is 1.42 bits per heavy atom. The third-order valence-corrected chi connectivity index (χ3v) is 2.03. The van der Waals surface area contributed by atoms with E-state index in [0.717, 1.165) is 32.0 Å². The molecule has 0 atom stereocenters. The summed E-state index contributed by atoms with van der Waals surface area (Å²) in [6.07, 6.45) is 1.80. The monoisotopic (exact) mass is 168 g/mol. The van der Waals surface area contributed by atoms with Gasteiger partial charge in [-0.3, -0.25) is 20.0 Å². The Bertz CT molecular complexity index is 225. The Kier molecular flexibility index (Phi) is 1.95. The molecule has 66 valence electrons. The summed E-state index contributed by atoms with van der Waals surface area (Å²) in [6, 6.07) is 0. The molecule has 0 spiro atoms. The summed E-state index contributed by atoms with van der Waals surface area (Å²) < 4.78 is 0. The smallest absolute Gasteiger partial charge is 0.144 e. The van der Waals surface area contributed by atoms with Crippen LogP contribution in [-0.4, -0.2) is 60.1 Å². The molecule has 5 heteroatoms. The Morgan fingerprint density at radius 3 is 3.00 bits per heavy atom. The number of amidine groups is 1. The molecule has 12 heavy (non-hydrogen) atoms. The maximum absolute atomic E-state index is 8.95. The van der Waals surface area contributed by atoms with Crippen molar-refractivity contribution in [3.8, 4) is 0 Å². The van der Waals surface area contributed by atoms with Gasteiger partial charge in [-0.05, 0) is 0 Å². The minimum Gasteiger partial charge on any atom is -0.388 e. The number of hydrogen-bond donors (Lipinski definition) is 1. The summed E-state index contributed by atoms with van der Waals surface area (Å²) in [5.41, 5.74) is 0. The van der Waals surface area contributed by atoms with Gasteiger partial charge < -0.3 is 5.11 Å². The van der Waals surface area contributed by atoms with Crippen molar-refractivity contribution in [1.82, 2.24) is 10.0 Å². The van der Waals surface area contributed by atoms with Gasteiger partial charge in [-0.25, -0.2) is 0 Å². The van der Waals surface area contributed by atoms with Gasteiger partial charge in [0.2, 0.25) is 0 Å². The highest BCUT2D eigenvalue weighted by Crippen LogP contribution is 2.07. The predicted molar refractivity (Wildman–Crippen MR) is 46.2 cm³/mol. The molecule has 2 aliphatic rings. The van der Waals surface area contributed by atoms with Gasteiger partial charge in [-0.15, -0.1) is 0 Å². The summed E-state index contributed by atoms with van der Waals surface area (Å²) in [5, 5.41) is 12.9. The first-order chi connectivity index (χ1) is 5.92. The molecule has 0 aromatic carbocycles. The zero-order valence-corrected chi connectivity index (χ0v) is 6.85. The molecule has 0 aromatic rings. The molecule has 0 aliphatic carbocycles. The lowest BCUT2D eigenvalue weighted by Gasteiger charge is -2.28. The van der Waals surface area contributed by atoms with E-state index in [1.54, 1.807) is 6.34 Å². The van der Waals surface area contributed by atoms with Gasteiger partial charge >= 0.3 is 0 Å². The topological polar surface area (TPSA) is 51.4 Å². The number of aliphatic hydroxyl groups is 1. The van der Waals surface area contributed by atoms with Crippen molar-refractivity contribution in [3.63, 3.8) is 0 Å². The average molecular weight is 168 g/mol. The number of aliphatic hydroxyl groups excluding tert-OH is 1. The third-order valence-electron chi connectivity index (χ3n) is 2.03. The lowest BCUT2D eigenvalue weighted by Crippen LogP contribution is -2.44. The molecule has 0 fully saturated rings. The third kappa shape index (κ3) is 1.16. The van der Waals surface area contributed by atoms with E-state index in [2.05, 4.69) is 9.98 Å². The van der Waals surface area contributed by atoms with Crippen LogP contribution in [0, 0.1) is 0 Å². The quantitative estimate of drug-likeness (QED) is 0.572. The SMILES string of the molecule is OCC1=NCCN1N1C=NCC1. The Labute approximate surface area is 71.0 Å². The van der Waals surface area contributed by atoms with Crippen LogP contribution in [0.15, 0.2) is 9.98 Å². The number of rotatable bonds is 2. The van der Waals surface area contributed by atoms with E-state index in [-0.39, 0.29) is 6.61 Å². The van der Waals surface area contributed by atoms with Crippen LogP contribution in [0.25, 0.3) is 0 Å². The summed E-state index contributed by atoms with van der Waals surface area (Å²) in [5.74, 6) is 0.753. The minimum absolute atomic E-state index is 0.0182. The highest BCUT2D eigenvalue weighted by atomic mass is 16.3. The van der Waals surface area contributed by atoms with E-state index < -0.39 is 0 Å². The van der Waals surface area contributed by atoms with Crippen LogP contribution in [0.1, 0.15) is 0 Å². The lowest BCUT2D eigenvalue weighted by atomic mass is 10.5. The number of hydrogen-bond acceptors (Lipinski definition) is 5. The molecule has 0 saturated heterocycles. The van der Waals surface area contributed by atoms with Gasteiger partial charge in [0.25, 0.3) is 0 Å². The molecular formula is C7H12N4O. The second kappa shape index (κ2) is 3.10. The average Bonchev–Trinajstić information content (AvgIpc) is 2.74. The van der Waals surface area contributed by atoms with Gasteiger partial charge in [-0.2, -0.15) is 0 Å². The largest absolute Gasteiger partial charge is 0.388 e. The fraction of sp³-hybridized carbons (Fsp3) is 0.714. The number of nitrogens with zero attached hydrogens (tertiary/aromatic N) is 4. The fourth-order valence-corrected chi connectivity index (χ4v) is 1.45. The summed E-state index contributed by atoms with van der Waals surface area (Å²) in [4.78, 5) is 8.27. The highest BCUT2D eigenvalue weighted by molar-refractivity contribution is 5.85. The van der Waals surface area contributed by atoms with Crippen LogP contribution in [-0.2, 0) is 0 Å². The van der Waals surface area contributed by atoms with Crippen LogP contribution in [0.2, 0.25) is 0 Å². The van der Waals surface area contributed by atoms with Crippen molar-refractivity contribution in [3.05, 3.63) is 0 Å². The first-order valence-corrected chi connectivity index (χ1v) is 4.10. The summed E-state index contributed by atoms with van der Waals surface area (Å²) >= 11 is 0. The zero-order valence-electron chi connectivity index (χ0n) is 6.85. The van der Waals surface area contributed by atoms with E-state index in [1.165, 1.54) is 0 Å². The van der Waals surface area contributed by atoms with Crippen molar-refractivity contribution in [1.29, 1.82) is 0 Å². The van der Waals surface area contributed by atoms with Gasteiger partial charge in [0.1, 0.15) is 18.8 Å². The van der Waals surface area contributed by atoms with Crippen molar-refractivity contribution in [2.45, 2.75) is 0 Å². The highest BCUT2D eigenvalue weighted by Gasteiger charge is 2.22. The van der Waals surface area contributed by atoms with Crippen LogP contribution in [0.4, 0.5) is 0 Å². The van der Waals surface area contributed by atoms with E-state index >= 15 is 0 Å². The van der Waals surface area contributed by atoms with Crippen LogP contribution < -0.4 is 0 Å². The van der Waals surface area contributed by atoms with Crippen molar-refractivity contribution in [2.75, 3.05) is 32.8 Å². The first-order valence-electron chi connectivity index (χ1n) is 4.10. The van der Waals surface area contributed by atoms with Gasteiger partial charge in [0, 0.05) is 0 Å². The Balaban J connectivity index is 2.03. The molecule has 5 nitrogen and oxygen atoms in total. The van der Waals surface area contributed by atoms with E-state index in [1.807, 2.05) is 10.0 Å². The summed E-state index contributed by atoms with van der Waals surface area (Å²) in [6.45, 7) is 3.40. The first kappa shape index (κ1) is 7.54. The van der Waals surface area contributed by atoms with Crippen LogP contribution >= 0.6 is 0 Å². The predicted octanol–water partition coefficient (Wildman–Crippen LogP) is -1.05. The van der Waals surface area contributed by atoms with E-state index in [0.29, 0.717) is 0 Å². The molecule has 2 aliphatic heterocycles. The number of hydrazine groups is 1. The molecule has 0 saturated carbocycles.